The predicted molar refractivity (Wildman–Crippen MR) is 70.7 cm³/mol. The van der Waals surface area contributed by atoms with Crippen LogP contribution >= 0.6 is 15.9 Å². The van der Waals surface area contributed by atoms with E-state index in [9.17, 15) is 0 Å². The maximum atomic E-state index is 5.65. The highest BCUT2D eigenvalue weighted by Crippen LogP contribution is 2.34. The van der Waals surface area contributed by atoms with E-state index in [1.807, 2.05) is 13.8 Å². The van der Waals surface area contributed by atoms with Gasteiger partial charge in [0.05, 0.1) is 13.2 Å². The van der Waals surface area contributed by atoms with Crippen molar-refractivity contribution in [2.24, 2.45) is 0 Å². The zero-order valence-corrected chi connectivity index (χ0v) is 12.8. The fourth-order valence-corrected chi connectivity index (χ4v) is 1.61. The molecule has 0 radical (unpaired) electrons. The molecule has 0 atom stereocenters. The Morgan fingerprint density at radius 1 is 1.12 bits per heavy atom. The molecule has 96 valence electrons. The standard InChI is InChI=1S/C12H19BrN2O2/c1-7(2)17-10-8(13)9(16-6)14-11(15-10)12(3,4)5/h7H,1-6H3. The Bertz CT molecular complexity index is 400. The van der Waals surface area contributed by atoms with Gasteiger partial charge in [0.2, 0.25) is 11.8 Å². The van der Waals surface area contributed by atoms with E-state index in [0.717, 1.165) is 0 Å². The minimum absolute atomic E-state index is 0.0544. The SMILES string of the molecule is COc1nc(C(C)(C)C)nc(OC(C)C)c1Br. The van der Waals surface area contributed by atoms with Crippen LogP contribution in [0.25, 0.3) is 0 Å². The van der Waals surface area contributed by atoms with Gasteiger partial charge in [-0.1, -0.05) is 20.8 Å². The van der Waals surface area contributed by atoms with E-state index in [2.05, 4.69) is 46.7 Å². The van der Waals surface area contributed by atoms with Crippen molar-refractivity contribution >= 4 is 15.9 Å². The van der Waals surface area contributed by atoms with Crippen LogP contribution in [0.5, 0.6) is 11.8 Å². The lowest BCUT2D eigenvalue weighted by atomic mass is 9.96. The fourth-order valence-electron chi connectivity index (χ4n) is 1.18. The number of hydrogen-bond donors (Lipinski definition) is 0. The molecule has 0 bridgehead atoms. The van der Waals surface area contributed by atoms with E-state index in [0.29, 0.717) is 22.1 Å². The highest BCUT2D eigenvalue weighted by molar-refractivity contribution is 9.10. The van der Waals surface area contributed by atoms with E-state index in [4.69, 9.17) is 9.47 Å². The van der Waals surface area contributed by atoms with E-state index in [1.165, 1.54) is 0 Å². The second-order valence-corrected chi connectivity index (χ2v) is 5.89. The number of methoxy groups -OCH3 is 1. The number of aromatic nitrogens is 2. The van der Waals surface area contributed by atoms with Crippen LogP contribution in [-0.2, 0) is 5.41 Å². The highest BCUT2D eigenvalue weighted by atomic mass is 79.9. The van der Waals surface area contributed by atoms with Crippen LogP contribution < -0.4 is 9.47 Å². The number of ether oxygens (including phenoxy) is 2. The van der Waals surface area contributed by atoms with E-state index in [1.54, 1.807) is 7.11 Å². The first-order valence-corrected chi connectivity index (χ1v) is 6.33. The Morgan fingerprint density at radius 2 is 1.65 bits per heavy atom. The molecule has 0 spiro atoms. The number of nitrogens with zero attached hydrogens (tertiary/aromatic N) is 2. The summed E-state index contributed by atoms with van der Waals surface area (Å²) in [6.07, 6.45) is 0.0544. The third-order valence-corrected chi connectivity index (χ3v) is 2.68. The van der Waals surface area contributed by atoms with Crippen molar-refractivity contribution in [2.45, 2.75) is 46.1 Å². The largest absolute Gasteiger partial charge is 0.480 e. The first kappa shape index (κ1) is 14.2. The van der Waals surface area contributed by atoms with Gasteiger partial charge in [0, 0.05) is 5.41 Å². The molecule has 0 unspecified atom stereocenters. The van der Waals surface area contributed by atoms with Gasteiger partial charge in [-0.25, -0.2) is 0 Å². The smallest absolute Gasteiger partial charge is 0.235 e. The molecule has 5 heteroatoms. The van der Waals surface area contributed by atoms with E-state index in [-0.39, 0.29) is 11.5 Å². The second kappa shape index (κ2) is 5.21. The Hall–Kier alpha value is -0.840. The molecule has 0 aliphatic carbocycles. The van der Waals surface area contributed by atoms with Gasteiger partial charge in [-0.15, -0.1) is 0 Å². The van der Waals surface area contributed by atoms with Gasteiger partial charge >= 0.3 is 0 Å². The molecular formula is C12H19BrN2O2. The van der Waals surface area contributed by atoms with Crippen LogP contribution in [-0.4, -0.2) is 23.2 Å². The van der Waals surface area contributed by atoms with Crippen LogP contribution in [0.15, 0.2) is 4.47 Å². The lowest BCUT2D eigenvalue weighted by molar-refractivity contribution is 0.226. The molecule has 0 fully saturated rings. The molecule has 0 N–H and O–H groups in total. The van der Waals surface area contributed by atoms with Gasteiger partial charge in [0.15, 0.2) is 0 Å². The second-order valence-electron chi connectivity index (χ2n) is 5.09. The van der Waals surface area contributed by atoms with Gasteiger partial charge in [-0.2, -0.15) is 9.97 Å². The minimum Gasteiger partial charge on any atom is -0.480 e. The molecule has 0 saturated heterocycles. The van der Waals surface area contributed by atoms with Crippen LogP contribution in [0.3, 0.4) is 0 Å². The van der Waals surface area contributed by atoms with Crippen LogP contribution in [0.2, 0.25) is 0 Å². The first-order valence-electron chi connectivity index (χ1n) is 5.54. The van der Waals surface area contributed by atoms with Gasteiger partial charge in [-0.3, -0.25) is 0 Å². The van der Waals surface area contributed by atoms with Crippen molar-refractivity contribution in [3.8, 4) is 11.8 Å². The molecule has 0 amide bonds. The molecule has 1 aromatic heterocycles. The molecule has 0 aliphatic heterocycles. The Labute approximate surface area is 111 Å². The lowest BCUT2D eigenvalue weighted by Crippen LogP contribution is -2.18. The summed E-state index contributed by atoms with van der Waals surface area (Å²) in [5, 5.41) is 0. The summed E-state index contributed by atoms with van der Waals surface area (Å²) in [7, 11) is 1.58. The topological polar surface area (TPSA) is 44.2 Å². The zero-order chi connectivity index (χ0) is 13.2. The van der Waals surface area contributed by atoms with Crippen molar-refractivity contribution < 1.29 is 9.47 Å². The summed E-state index contributed by atoms with van der Waals surface area (Å²) < 4.78 is 11.5. The molecule has 1 aromatic rings. The third-order valence-electron chi connectivity index (χ3n) is 2.00. The van der Waals surface area contributed by atoms with E-state index < -0.39 is 0 Å². The fraction of sp³-hybridized carbons (Fsp3) is 0.667. The number of halogens is 1. The zero-order valence-electron chi connectivity index (χ0n) is 11.2. The average molecular weight is 303 g/mol. The molecule has 1 heterocycles. The van der Waals surface area contributed by atoms with Crippen LogP contribution in [0, 0.1) is 0 Å². The molecule has 0 aromatic carbocycles. The number of hydrogen-bond acceptors (Lipinski definition) is 4. The Balaban J connectivity index is 3.28. The summed E-state index contributed by atoms with van der Waals surface area (Å²) in [5.74, 6) is 1.73. The first-order chi connectivity index (χ1) is 7.75. The van der Waals surface area contributed by atoms with Gasteiger partial charge in [0.25, 0.3) is 0 Å². The number of rotatable bonds is 3. The summed E-state index contributed by atoms with van der Waals surface area (Å²) in [5.41, 5.74) is -0.150. The highest BCUT2D eigenvalue weighted by Gasteiger charge is 2.23. The summed E-state index contributed by atoms with van der Waals surface area (Å²) in [6, 6.07) is 0. The van der Waals surface area contributed by atoms with Gasteiger partial charge in [-0.05, 0) is 29.8 Å². The predicted octanol–water partition coefficient (Wildman–Crippen LogP) is 3.33. The molecule has 17 heavy (non-hydrogen) atoms. The van der Waals surface area contributed by atoms with Crippen molar-refractivity contribution in [1.82, 2.24) is 9.97 Å². The minimum atomic E-state index is -0.150. The van der Waals surface area contributed by atoms with Crippen molar-refractivity contribution in [1.29, 1.82) is 0 Å². The lowest BCUT2D eigenvalue weighted by Gasteiger charge is -2.20. The average Bonchev–Trinajstić information content (AvgIpc) is 2.18. The van der Waals surface area contributed by atoms with Crippen LogP contribution in [0.4, 0.5) is 0 Å². The molecule has 0 saturated carbocycles. The monoisotopic (exact) mass is 302 g/mol. The normalized spacial score (nSPS) is 11.8. The maximum absolute atomic E-state index is 5.65. The summed E-state index contributed by atoms with van der Waals surface area (Å²) in [6.45, 7) is 10.1. The van der Waals surface area contributed by atoms with Gasteiger partial charge < -0.3 is 9.47 Å². The molecular weight excluding hydrogens is 284 g/mol. The quantitative estimate of drug-likeness (QED) is 0.859. The van der Waals surface area contributed by atoms with Gasteiger partial charge in [0.1, 0.15) is 10.3 Å². The third kappa shape index (κ3) is 3.56. The summed E-state index contributed by atoms with van der Waals surface area (Å²) in [4.78, 5) is 8.80. The van der Waals surface area contributed by atoms with Crippen molar-refractivity contribution in [3.05, 3.63) is 10.3 Å². The maximum Gasteiger partial charge on any atom is 0.235 e. The van der Waals surface area contributed by atoms with Crippen molar-refractivity contribution in [3.63, 3.8) is 0 Å². The molecule has 0 aliphatic rings. The Morgan fingerprint density at radius 3 is 2.06 bits per heavy atom. The summed E-state index contributed by atoms with van der Waals surface area (Å²) >= 11 is 3.40. The Kier molecular flexibility index (Phi) is 4.36. The van der Waals surface area contributed by atoms with Crippen molar-refractivity contribution in [2.75, 3.05) is 7.11 Å². The van der Waals surface area contributed by atoms with Crippen LogP contribution in [0.1, 0.15) is 40.4 Å². The van der Waals surface area contributed by atoms with E-state index >= 15 is 0 Å². The molecule has 4 nitrogen and oxygen atoms in total. The molecule has 1 rings (SSSR count).